The molecule has 0 aliphatic heterocycles. The maximum atomic E-state index is 12.2. The van der Waals surface area contributed by atoms with Crippen LogP contribution in [0.5, 0.6) is 0 Å². The Morgan fingerprint density at radius 1 is 1.17 bits per heavy atom. The molecule has 6 nitrogen and oxygen atoms in total. The summed E-state index contributed by atoms with van der Waals surface area (Å²) in [6, 6.07) is 11.7. The fourth-order valence-electron chi connectivity index (χ4n) is 2.22. The van der Waals surface area contributed by atoms with Crippen LogP contribution in [-0.2, 0) is 16.4 Å². The number of aromatic nitrogens is 2. The van der Waals surface area contributed by atoms with Crippen molar-refractivity contribution in [2.75, 3.05) is 6.26 Å². The number of amides is 1. The molecule has 0 saturated heterocycles. The summed E-state index contributed by atoms with van der Waals surface area (Å²) in [5.74, 6) is -0.194. The van der Waals surface area contributed by atoms with Crippen LogP contribution in [0.1, 0.15) is 15.9 Å². The maximum Gasteiger partial charge on any atom is 0.251 e. The highest BCUT2D eigenvalue weighted by molar-refractivity contribution is 7.90. The molecule has 0 saturated carbocycles. The Labute approximate surface area is 133 Å². The average Bonchev–Trinajstić information content (AvgIpc) is 2.99. The molecule has 1 heterocycles. The van der Waals surface area contributed by atoms with E-state index < -0.39 is 9.84 Å². The molecule has 2 aromatic carbocycles. The van der Waals surface area contributed by atoms with Crippen LogP contribution in [0, 0.1) is 0 Å². The van der Waals surface area contributed by atoms with Crippen LogP contribution in [0.4, 0.5) is 0 Å². The summed E-state index contributed by atoms with van der Waals surface area (Å²) in [5, 5.41) is 10.4. The maximum absolute atomic E-state index is 12.2. The third-order valence-corrected chi connectivity index (χ3v) is 4.64. The van der Waals surface area contributed by atoms with Crippen molar-refractivity contribution in [3.63, 3.8) is 0 Å². The topological polar surface area (TPSA) is 91.9 Å². The normalized spacial score (nSPS) is 11.5. The van der Waals surface area contributed by atoms with Crippen LogP contribution in [-0.4, -0.2) is 30.8 Å². The lowest BCUT2D eigenvalue weighted by atomic mass is 10.1. The summed E-state index contributed by atoms with van der Waals surface area (Å²) in [5.41, 5.74) is 2.25. The molecule has 0 aliphatic rings. The predicted molar refractivity (Wildman–Crippen MR) is 86.8 cm³/mol. The van der Waals surface area contributed by atoms with Gasteiger partial charge in [0.25, 0.3) is 5.91 Å². The van der Waals surface area contributed by atoms with Gasteiger partial charge in [0, 0.05) is 23.8 Å². The van der Waals surface area contributed by atoms with Gasteiger partial charge in [0.05, 0.1) is 16.6 Å². The molecule has 0 atom stereocenters. The molecule has 3 aromatic rings. The molecule has 0 unspecified atom stereocenters. The summed E-state index contributed by atoms with van der Waals surface area (Å²) in [4.78, 5) is 12.4. The lowest BCUT2D eigenvalue weighted by Gasteiger charge is -2.06. The quantitative estimate of drug-likeness (QED) is 0.764. The highest BCUT2D eigenvalue weighted by Crippen LogP contribution is 2.13. The van der Waals surface area contributed by atoms with Crippen molar-refractivity contribution in [2.24, 2.45) is 0 Å². The second kappa shape index (κ2) is 5.85. The number of hydrogen-bond acceptors (Lipinski definition) is 4. The van der Waals surface area contributed by atoms with Gasteiger partial charge in [0.1, 0.15) is 0 Å². The molecule has 1 amide bonds. The fraction of sp³-hybridized carbons (Fsp3) is 0.125. The van der Waals surface area contributed by atoms with Crippen molar-refractivity contribution in [2.45, 2.75) is 11.4 Å². The number of nitrogens with zero attached hydrogens (tertiary/aromatic N) is 1. The van der Waals surface area contributed by atoms with Gasteiger partial charge in [0.2, 0.25) is 0 Å². The molecular formula is C16H15N3O3S. The van der Waals surface area contributed by atoms with Gasteiger partial charge in [-0.2, -0.15) is 5.10 Å². The Bertz CT molecular complexity index is 960. The smallest absolute Gasteiger partial charge is 0.251 e. The minimum absolute atomic E-state index is 0.194. The van der Waals surface area contributed by atoms with Crippen LogP contribution in [0.2, 0.25) is 0 Å². The minimum Gasteiger partial charge on any atom is -0.348 e. The van der Waals surface area contributed by atoms with E-state index in [2.05, 4.69) is 15.5 Å². The van der Waals surface area contributed by atoms with Gasteiger partial charge < -0.3 is 5.32 Å². The number of sulfone groups is 1. The van der Waals surface area contributed by atoms with E-state index in [0.29, 0.717) is 12.1 Å². The van der Waals surface area contributed by atoms with E-state index in [1.165, 1.54) is 12.1 Å². The van der Waals surface area contributed by atoms with Crippen molar-refractivity contribution in [3.8, 4) is 0 Å². The lowest BCUT2D eigenvalue weighted by Crippen LogP contribution is -2.22. The lowest BCUT2D eigenvalue weighted by molar-refractivity contribution is 0.0951. The zero-order chi connectivity index (χ0) is 16.4. The summed E-state index contributed by atoms with van der Waals surface area (Å²) in [6.07, 6.45) is 2.83. The molecule has 0 radical (unpaired) electrons. The Kier molecular flexibility index (Phi) is 3.87. The van der Waals surface area contributed by atoms with E-state index in [4.69, 9.17) is 0 Å². The molecule has 23 heavy (non-hydrogen) atoms. The summed E-state index contributed by atoms with van der Waals surface area (Å²) < 4.78 is 22.8. The first-order valence-corrected chi connectivity index (χ1v) is 8.83. The summed E-state index contributed by atoms with van der Waals surface area (Å²) in [6.45, 7) is 0.326. The fourth-order valence-corrected chi connectivity index (χ4v) is 2.85. The summed E-state index contributed by atoms with van der Waals surface area (Å²) >= 11 is 0. The van der Waals surface area contributed by atoms with E-state index in [1.807, 2.05) is 0 Å². The highest BCUT2D eigenvalue weighted by atomic mass is 32.2. The largest absolute Gasteiger partial charge is 0.348 e. The highest BCUT2D eigenvalue weighted by Gasteiger charge is 2.09. The average molecular weight is 329 g/mol. The number of nitrogens with one attached hydrogen (secondary N) is 2. The third-order valence-electron chi connectivity index (χ3n) is 3.51. The molecule has 7 heteroatoms. The Balaban J connectivity index is 1.68. The zero-order valence-electron chi connectivity index (χ0n) is 12.4. The second-order valence-corrected chi connectivity index (χ2v) is 7.29. The standard InChI is InChI=1S/C16H15N3O3S/c1-23(21,22)14-5-2-11(3-6-14)9-17-16(20)12-4-7-15-13(8-12)10-18-19-15/h2-8,10H,9H2,1H3,(H,17,20)(H,18,19). The zero-order valence-corrected chi connectivity index (χ0v) is 13.2. The molecule has 1 aromatic heterocycles. The van der Waals surface area contributed by atoms with Gasteiger partial charge in [-0.05, 0) is 35.9 Å². The van der Waals surface area contributed by atoms with Gasteiger partial charge in [0.15, 0.2) is 9.84 Å². The number of benzene rings is 2. The Hall–Kier alpha value is -2.67. The molecule has 0 spiro atoms. The van der Waals surface area contributed by atoms with E-state index in [1.54, 1.807) is 36.5 Å². The second-order valence-electron chi connectivity index (χ2n) is 5.27. The van der Waals surface area contributed by atoms with Crippen molar-refractivity contribution >= 4 is 26.6 Å². The van der Waals surface area contributed by atoms with Gasteiger partial charge in [-0.1, -0.05) is 12.1 Å². The van der Waals surface area contributed by atoms with Gasteiger partial charge in [-0.25, -0.2) is 8.42 Å². The molecule has 0 bridgehead atoms. The number of H-pyrrole nitrogens is 1. The first kappa shape index (κ1) is 15.2. The number of rotatable bonds is 4. The van der Waals surface area contributed by atoms with Crippen LogP contribution in [0.3, 0.4) is 0 Å². The monoisotopic (exact) mass is 329 g/mol. The minimum atomic E-state index is -3.21. The van der Waals surface area contributed by atoms with Crippen molar-refractivity contribution in [1.29, 1.82) is 0 Å². The van der Waals surface area contributed by atoms with Gasteiger partial charge >= 0.3 is 0 Å². The molecule has 0 aliphatic carbocycles. The SMILES string of the molecule is CS(=O)(=O)c1ccc(CNC(=O)c2ccc3[nH]ncc3c2)cc1. The predicted octanol–water partition coefficient (Wildman–Crippen LogP) is 1.90. The molecule has 118 valence electrons. The van der Waals surface area contributed by atoms with E-state index in [-0.39, 0.29) is 10.8 Å². The number of aromatic amines is 1. The summed E-state index contributed by atoms with van der Waals surface area (Å²) in [7, 11) is -3.21. The van der Waals surface area contributed by atoms with Crippen LogP contribution >= 0.6 is 0 Å². The van der Waals surface area contributed by atoms with Crippen LogP contribution in [0.25, 0.3) is 10.9 Å². The van der Waals surface area contributed by atoms with E-state index in [0.717, 1.165) is 22.7 Å². The number of fused-ring (bicyclic) bond motifs is 1. The Morgan fingerprint density at radius 2 is 1.91 bits per heavy atom. The third kappa shape index (κ3) is 3.40. The molecular weight excluding hydrogens is 314 g/mol. The van der Waals surface area contributed by atoms with Crippen molar-refractivity contribution in [1.82, 2.24) is 15.5 Å². The van der Waals surface area contributed by atoms with Gasteiger partial charge in [-0.3, -0.25) is 9.89 Å². The Morgan fingerprint density at radius 3 is 2.61 bits per heavy atom. The van der Waals surface area contributed by atoms with Gasteiger partial charge in [-0.15, -0.1) is 0 Å². The van der Waals surface area contributed by atoms with E-state index >= 15 is 0 Å². The molecule has 3 rings (SSSR count). The number of carbonyl (C=O) groups excluding carboxylic acids is 1. The number of carbonyl (C=O) groups is 1. The van der Waals surface area contributed by atoms with Crippen molar-refractivity contribution in [3.05, 3.63) is 59.8 Å². The molecule has 0 fully saturated rings. The van der Waals surface area contributed by atoms with Crippen molar-refractivity contribution < 1.29 is 13.2 Å². The van der Waals surface area contributed by atoms with Crippen LogP contribution in [0.15, 0.2) is 53.6 Å². The number of hydrogen-bond donors (Lipinski definition) is 2. The van der Waals surface area contributed by atoms with E-state index in [9.17, 15) is 13.2 Å². The molecule has 2 N–H and O–H groups in total. The first-order chi connectivity index (χ1) is 10.9. The first-order valence-electron chi connectivity index (χ1n) is 6.94. The van der Waals surface area contributed by atoms with Crippen LogP contribution < -0.4 is 5.32 Å².